The van der Waals surface area contributed by atoms with E-state index in [2.05, 4.69) is 24.1 Å². The van der Waals surface area contributed by atoms with Crippen LogP contribution in [0.25, 0.3) is 0 Å². The number of nitrogens with zero attached hydrogens (tertiary/aromatic N) is 2. The SMILES string of the molecule is CCN1CCCC1CNC(=O)N1CCC(C)CC1. The Hall–Kier alpha value is -0.770. The summed E-state index contributed by atoms with van der Waals surface area (Å²) in [4.78, 5) is 16.5. The number of nitrogens with one attached hydrogen (secondary N) is 1. The Morgan fingerprint density at radius 2 is 1.94 bits per heavy atom. The van der Waals surface area contributed by atoms with Crippen LogP contribution < -0.4 is 5.32 Å². The fourth-order valence-electron chi connectivity index (χ4n) is 3.07. The summed E-state index contributed by atoms with van der Waals surface area (Å²) in [5.41, 5.74) is 0. The van der Waals surface area contributed by atoms with Crippen LogP contribution in [0.15, 0.2) is 0 Å². The van der Waals surface area contributed by atoms with E-state index in [9.17, 15) is 4.79 Å². The van der Waals surface area contributed by atoms with Crippen LogP contribution in [-0.4, -0.2) is 54.6 Å². The lowest BCUT2D eigenvalue weighted by Gasteiger charge is -2.31. The molecule has 0 aromatic rings. The summed E-state index contributed by atoms with van der Waals surface area (Å²) in [5.74, 6) is 0.777. The predicted octanol–water partition coefficient (Wildman–Crippen LogP) is 1.91. The third kappa shape index (κ3) is 3.37. The average Bonchev–Trinajstić information content (AvgIpc) is 2.84. The second-order valence-electron chi connectivity index (χ2n) is 5.78. The maximum absolute atomic E-state index is 12.1. The molecule has 18 heavy (non-hydrogen) atoms. The molecular weight excluding hydrogens is 226 g/mol. The predicted molar refractivity (Wildman–Crippen MR) is 73.6 cm³/mol. The van der Waals surface area contributed by atoms with E-state index in [0.29, 0.717) is 6.04 Å². The molecular formula is C14H27N3O. The van der Waals surface area contributed by atoms with Gasteiger partial charge in [-0.15, -0.1) is 0 Å². The van der Waals surface area contributed by atoms with Crippen LogP contribution in [0.1, 0.15) is 39.5 Å². The number of urea groups is 1. The Labute approximate surface area is 111 Å². The highest BCUT2D eigenvalue weighted by Gasteiger charge is 2.25. The molecule has 2 fully saturated rings. The molecule has 2 aliphatic heterocycles. The van der Waals surface area contributed by atoms with Gasteiger partial charge >= 0.3 is 6.03 Å². The Kier molecular flexibility index (Phi) is 4.87. The first-order valence-corrected chi connectivity index (χ1v) is 7.47. The van der Waals surface area contributed by atoms with E-state index in [1.54, 1.807) is 0 Å². The molecule has 0 aromatic heterocycles. The second kappa shape index (κ2) is 6.41. The molecule has 0 aliphatic carbocycles. The van der Waals surface area contributed by atoms with E-state index in [4.69, 9.17) is 0 Å². The van der Waals surface area contributed by atoms with E-state index in [1.165, 1.54) is 19.4 Å². The van der Waals surface area contributed by atoms with Gasteiger partial charge in [0.2, 0.25) is 0 Å². The first kappa shape index (κ1) is 13.7. The lowest BCUT2D eigenvalue weighted by atomic mass is 10.00. The first-order chi connectivity index (χ1) is 8.70. The lowest BCUT2D eigenvalue weighted by molar-refractivity contribution is 0.169. The molecule has 2 amide bonds. The van der Waals surface area contributed by atoms with Crippen molar-refractivity contribution in [1.82, 2.24) is 15.1 Å². The second-order valence-corrected chi connectivity index (χ2v) is 5.78. The number of likely N-dealkylation sites (N-methyl/N-ethyl adjacent to an activating group) is 1. The Morgan fingerprint density at radius 1 is 1.22 bits per heavy atom. The molecule has 4 nitrogen and oxygen atoms in total. The number of rotatable bonds is 3. The van der Waals surface area contributed by atoms with Gasteiger partial charge in [0.25, 0.3) is 0 Å². The molecule has 104 valence electrons. The van der Waals surface area contributed by atoms with Gasteiger partial charge in [-0.25, -0.2) is 4.79 Å². The molecule has 0 radical (unpaired) electrons. The van der Waals surface area contributed by atoms with Crippen molar-refractivity contribution in [3.05, 3.63) is 0 Å². The van der Waals surface area contributed by atoms with Crippen LogP contribution in [0, 0.1) is 5.92 Å². The molecule has 2 aliphatic rings. The quantitative estimate of drug-likeness (QED) is 0.834. The minimum absolute atomic E-state index is 0.143. The normalized spacial score (nSPS) is 26.6. The molecule has 0 bridgehead atoms. The van der Waals surface area contributed by atoms with Crippen molar-refractivity contribution in [3.63, 3.8) is 0 Å². The monoisotopic (exact) mass is 253 g/mol. The van der Waals surface area contributed by atoms with Gasteiger partial charge in [-0.05, 0) is 44.7 Å². The number of likely N-dealkylation sites (tertiary alicyclic amines) is 2. The van der Waals surface area contributed by atoms with Gasteiger partial charge in [0.1, 0.15) is 0 Å². The number of amides is 2. The molecule has 1 atom stereocenters. The molecule has 0 aromatic carbocycles. The first-order valence-electron chi connectivity index (χ1n) is 7.47. The van der Waals surface area contributed by atoms with E-state index < -0.39 is 0 Å². The van der Waals surface area contributed by atoms with Gasteiger partial charge in [0.05, 0.1) is 0 Å². The van der Waals surface area contributed by atoms with Crippen molar-refractivity contribution < 1.29 is 4.79 Å². The Bertz CT molecular complexity index is 274. The lowest BCUT2D eigenvalue weighted by Crippen LogP contribution is -2.48. The van der Waals surface area contributed by atoms with Gasteiger partial charge < -0.3 is 10.2 Å². The van der Waals surface area contributed by atoms with E-state index >= 15 is 0 Å². The van der Waals surface area contributed by atoms with Crippen molar-refractivity contribution in [3.8, 4) is 0 Å². The summed E-state index contributed by atoms with van der Waals surface area (Å²) in [7, 11) is 0. The summed E-state index contributed by atoms with van der Waals surface area (Å²) in [6.45, 7) is 9.43. The zero-order valence-electron chi connectivity index (χ0n) is 11.8. The van der Waals surface area contributed by atoms with Crippen LogP contribution in [0.2, 0.25) is 0 Å². The van der Waals surface area contributed by atoms with Crippen molar-refractivity contribution >= 4 is 6.03 Å². The maximum atomic E-state index is 12.1. The fourth-order valence-corrected chi connectivity index (χ4v) is 3.07. The van der Waals surface area contributed by atoms with Crippen LogP contribution in [0.5, 0.6) is 0 Å². The molecule has 1 unspecified atom stereocenters. The van der Waals surface area contributed by atoms with Crippen LogP contribution in [0.3, 0.4) is 0 Å². The summed E-state index contributed by atoms with van der Waals surface area (Å²) >= 11 is 0. The zero-order chi connectivity index (χ0) is 13.0. The van der Waals surface area contributed by atoms with Gasteiger partial charge in [-0.1, -0.05) is 13.8 Å². The van der Waals surface area contributed by atoms with Gasteiger partial charge in [0.15, 0.2) is 0 Å². The molecule has 2 heterocycles. The third-order valence-corrected chi connectivity index (χ3v) is 4.47. The largest absolute Gasteiger partial charge is 0.336 e. The van der Waals surface area contributed by atoms with Gasteiger partial charge in [-0.3, -0.25) is 4.90 Å². The zero-order valence-corrected chi connectivity index (χ0v) is 11.8. The van der Waals surface area contributed by atoms with Crippen LogP contribution >= 0.6 is 0 Å². The molecule has 2 rings (SSSR count). The van der Waals surface area contributed by atoms with Crippen molar-refractivity contribution in [2.75, 3.05) is 32.7 Å². The van der Waals surface area contributed by atoms with Gasteiger partial charge in [0, 0.05) is 25.7 Å². The molecule has 4 heteroatoms. The smallest absolute Gasteiger partial charge is 0.317 e. The van der Waals surface area contributed by atoms with Crippen molar-refractivity contribution in [2.45, 2.75) is 45.6 Å². The van der Waals surface area contributed by atoms with E-state index in [1.807, 2.05) is 4.90 Å². The highest BCUT2D eigenvalue weighted by Crippen LogP contribution is 2.17. The minimum atomic E-state index is 0.143. The summed E-state index contributed by atoms with van der Waals surface area (Å²) in [6, 6.07) is 0.701. The standard InChI is InChI=1S/C14H27N3O/c1-3-16-8-4-5-13(16)11-15-14(18)17-9-6-12(2)7-10-17/h12-13H,3-11H2,1-2H3,(H,15,18). The highest BCUT2D eigenvalue weighted by molar-refractivity contribution is 5.74. The summed E-state index contributed by atoms with van der Waals surface area (Å²) in [6.07, 6.45) is 4.80. The molecule has 1 N–H and O–H groups in total. The third-order valence-electron chi connectivity index (χ3n) is 4.47. The summed E-state index contributed by atoms with van der Waals surface area (Å²) in [5, 5.41) is 3.12. The number of carbonyl (C=O) groups is 1. The Morgan fingerprint density at radius 3 is 2.61 bits per heavy atom. The van der Waals surface area contributed by atoms with Crippen LogP contribution in [-0.2, 0) is 0 Å². The Balaban J connectivity index is 1.71. The number of hydrogen-bond donors (Lipinski definition) is 1. The molecule has 2 saturated heterocycles. The average molecular weight is 253 g/mol. The minimum Gasteiger partial charge on any atom is -0.336 e. The van der Waals surface area contributed by atoms with E-state index in [-0.39, 0.29) is 6.03 Å². The van der Waals surface area contributed by atoms with Gasteiger partial charge in [-0.2, -0.15) is 0 Å². The number of carbonyl (C=O) groups excluding carboxylic acids is 1. The maximum Gasteiger partial charge on any atom is 0.317 e. The molecule has 0 spiro atoms. The van der Waals surface area contributed by atoms with Crippen LogP contribution in [0.4, 0.5) is 4.79 Å². The highest BCUT2D eigenvalue weighted by atomic mass is 16.2. The number of piperidine rings is 1. The van der Waals surface area contributed by atoms with E-state index in [0.717, 1.165) is 44.9 Å². The summed E-state index contributed by atoms with van der Waals surface area (Å²) < 4.78 is 0. The molecule has 0 saturated carbocycles. The van der Waals surface area contributed by atoms with Crippen molar-refractivity contribution in [2.24, 2.45) is 5.92 Å². The number of hydrogen-bond acceptors (Lipinski definition) is 2. The topological polar surface area (TPSA) is 35.6 Å². The van der Waals surface area contributed by atoms with Crippen molar-refractivity contribution in [1.29, 1.82) is 0 Å². The fraction of sp³-hybridized carbons (Fsp3) is 0.929.